The number of hydrogen-bond donors (Lipinski definition) is 3. The Morgan fingerprint density at radius 3 is 1.82 bits per heavy atom. The predicted molar refractivity (Wildman–Crippen MR) is 63.9 cm³/mol. The van der Waals surface area contributed by atoms with Gasteiger partial charge < -0.3 is 0 Å². The van der Waals surface area contributed by atoms with Crippen molar-refractivity contribution < 1.29 is 44.5 Å². The third-order valence-electron chi connectivity index (χ3n) is 1.35. The Kier molecular flexibility index (Phi) is 16.2. The molecule has 0 heterocycles. The van der Waals surface area contributed by atoms with Crippen LogP contribution in [0.4, 0.5) is 0 Å². The Balaban J connectivity index is -0.000000280. The fraction of sp³-hybridized carbons (Fsp3) is 1.00. The van der Waals surface area contributed by atoms with E-state index in [1.165, 1.54) is 6.42 Å². The van der Waals surface area contributed by atoms with Gasteiger partial charge in [-0.2, -0.15) is 8.42 Å². The van der Waals surface area contributed by atoms with E-state index in [-0.39, 0.29) is 22.0 Å². The molecule has 0 saturated heterocycles. The Labute approximate surface area is 128 Å². The molecule has 1 atom stereocenters. The summed E-state index contributed by atoms with van der Waals surface area (Å²) in [5.41, 5.74) is 5.64. The van der Waals surface area contributed by atoms with Crippen molar-refractivity contribution in [2.75, 3.05) is 0 Å². The van der Waals surface area contributed by atoms with Gasteiger partial charge in [-0.3, -0.25) is 9.11 Å². The van der Waals surface area contributed by atoms with Gasteiger partial charge in [-0.15, -0.1) is 0 Å². The molecule has 0 saturated carbocycles. The zero-order chi connectivity index (χ0) is 13.4. The fourth-order valence-electron chi connectivity index (χ4n) is 0.689. The third-order valence-corrected chi connectivity index (χ3v) is 4.84. The van der Waals surface area contributed by atoms with E-state index in [9.17, 15) is 0 Å². The first-order chi connectivity index (χ1) is 6.98. The molecule has 5 nitrogen and oxygen atoms in total. The second-order valence-corrected chi connectivity index (χ2v) is 12.1. The standard InChI is InChI=1S/C6H14N.3ClH.Co.Mn.H2O4S/c1-2-3-4-5-6-7;;;;;;1-5(2,3)4/h6H,2-5,7H2,1H3;3*1H;;;(H2,1,2,3,4)/q;;;;+3;;/p-3. The van der Waals surface area contributed by atoms with Crippen molar-refractivity contribution in [3.63, 3.8) is 0 Å². The Morgan fingerprint density at radius 1 is 1.24 bits per heavy atom. The van der Waals surface area contributed by atoms with Crippen molar-refractivity contribution in [2.24, 2.45) is 5.73 Å². The second-order valence-electron chi connectivity index (χ2n) is 2.79. The molecule has 0 aliphatic heterocycles. The van der Waals surface area contributed by atoms with Crippen LogP contribution < -0.4 is 5.73 Å². The van der Waals surface area contributed by atoms with Gasteiger partial charge in [0.25, 0.3) is 0 Å². The Hall–Kier alpha value is 1.73. The molecule has 0 rings (SSSR count). The summed E-state index contributed by atoms with van der Waals surface area (Å²) in [6, 6.07) is 0. The van der Waals surface area contributed by atoms with E-state index in [1.807, 2.05) is 0 Å². The van der Waals surface area contributed by atoms with Crippen molar-refractivity contribution >= 4 is 40.8 Å². The molecule has 11 heteroatoms. The second kappa shape index (κ2) is 11.5. The average molecular weight is 418 g/mol. The van der Waals surface area contributed by atoms with Gasteiger partial charge in [0.2, 0.25) is 0 Å². The molecule has 17 heavy (non-hydrogen) atoms. The van der Waals surface area contributed by atoms with Gasteiger partial charge in [0.15, 0.2) is 0 Å². The molecule has 0 aromatic rings. The van der Waals surface area contributed by atoms with E-state index in [1.54, 1.807) is 0 Å². The van der Waals surface area contributed by atoms with Crippen LogP contribution in [0.15, 0.2) is 0 Å². The van der Waals surface area contributed by atoms with Crippen LogP contribution in [0.25, 0.3) is 0 Å². The molecule has 0 aromatic carbocycles. The summed E-state index contributed by atoms with van der Waals surface area (Å²) in [6.45, 7) is 2.13. The minimum Gasteiger partial charge on any atom is -0.264 e. The predicted octanol–water partition coefficient (Wildman–Crippen LogP) is 2.81. The van der Waals surface area contributed by atoms with Crippen LogP contribution in [0.1, 0.15) is 32.6 Å². The quantitative estimate of drug-likeness (QED) is 0.362. The van der Waals surface area contributed by atoms with E-state index in [2.05, 4.69) is 6.92 Å². The SMILES string of the molecule is CCCCC[CH](N)[Co]([Cl])([Cl])[Cl].O=S(=O)(O)O.[Mn]. The van der Waals surface area contributed by atoms with Gasteiger partial charge in [-0.25, -0.2) is 0 Å². The van der Waals surface area contributed by atoms with Crippen molar-refractivity contribution in [3.8, 4) is 0 Å². The van der Waals surface area contributed by atoms with Crippen LogP contribution in [0.5, 0.6) is 0 Å². The van der Waals surface area contributed by atoms with Crippen LogP contribution in [-0.2, 0) is 37.4 Å². The first kappa shape index (κ1) is 23.8. The van der Waals surface area contributed by atoms with Crippen molar-refractivity contribution in [2.45, 2.75) is 37.6 Å². The molecule has 1 radical (unpaired) electrons. The van der Waals surface area contributed by atoms with E-state index >= 15 is 0 Å². The molecule has 112 valence electrons. The molecule has 0 bridgehead atoms. The van der Waals surface area contributed by atoms with Gasteiger partial charge in [0.05, 0.1) is 0 Å². The summed E-state index contributed by atoms with van der Waals surface area (Å²) >= 11 is 0. The van der Waals surface area contributed by atoms with E-state index in [0.29, 0.717) is 0 Å². The largest absolute Gasteiger partial charge is 0.394 e. The number of halogens is 3. The maximum atomic E-state index is 8.74. The van der Waals surface area contributed by atoms with Gasteiger partial charge in [0, 0.05) is 17.1 Å². The van der Waals surface area contributed by atoms with Crippen LogP contribution in [0, 0.1) is 0 Å². The van der Waals surface area contributed by atoms with E-state index < -0.39 is 20.3 Å². The normalized spacial score (nSPS) is 14.1. The number of nitrogens with two attached hydrogens (primary N) is 1. The summed E-state index contributed by atoms with van der Waals surface area (Å²) in [5.74, 6) is 0. The number of rotatable bonds is 5. The van der Waals surface area contributed by atoms with E-state index in [0.717, 1.165) is 19.3 Å². The summed E-state index contributed by atoms with van der Waals surface area (Å²) in [4.78, 5) is -0.225. The maximum Gasteiger partial charge on any atom is 0.394 e. The Bertz CT molecular complexity index is 267. The molecule has 4 N–H and O–H groups in total. The van der Waals surface area contributed by atoms with Gasteiger partial charge in [0.1, 0.15) is 0 Å². The fourth-order valence-corrected chi connectivity index (χ4v) is 2.14. The smallest absolute Gasteiger partial charge is 0.264 e. The Morgan fingerprint density at radius 2 is 1.59 bits per heavy atom. The molecular weight excluding hydrogens is 402 g/mol. The number of hydrogen-bond acceptors (Lipinski definition) is 3. The minimum atomic E-state index is -4.67. The molecular formula is C6H16Cl3CoMnNO4S. The third kappa shape index (κ3) is 27.1. The zero-order valence-electron chi connectivity index (χ0n) is 8.95. The van der Waals surface area contributed by atoms with Crippen molar-refractivity contribution in [1.29, 1.82) is 0 Å². The van der Waals surface area contributed by atoms with Gasteiger partial charge >= 0.3 is 94.1 Å². The molecule has 0 aromatic heterocycles. The molecule has 0 aliphatic carbocycles. The van der Waals surface area contributed by atoms with Crippen LogP contribution in [0.3, 0.4) is 0 Å². The number of unbranched alkanes of at least 4 members (excludes halogenated alkanes) is 2. The van der Waals surface area contributed by atoms with Crippen LogP contribution in [-0.4, -0.2) is 22.5 Å². The van der Waals surface area contributed by atoms with Crippen molar-refractivity contribution in [1.82, 2.24) is 0 Å². The zero-order valence-corrected chi connectivity index (χ0v) is 14.3. The molecule has 0 fully saturated rings. The van der Waals surface area contributed by atoms with Gasteiger partial charge in [-0.05, 0) is 0 Å². The minimum absolute atomic E-state index is 0. The molecule has 0 aliphatic rings. The summed E-state index contributed by atoms with van der Waals surface area (Å²) in [7, 11) is 10.0. The topological polar surface area (TPSA) is 101 Å². The summed E-state index contributed by atoms with van der Waals surface area (Å²) in [6.07, 6.45) is 4.23. The first-order valence-electron chi connectivity index (χ1n) is 4.22. The first-order valence-corrected chi connectivity index (χ1v) is 10.5. The van der Waals surface area contributed by atoms with E-state index in [4.69, 9.17) is 53.7 Å². The summed E-state index contributed by atoms with van der Waals surface area (Å²) < 4.78 is 31.6. The average Bonchev–Trinajstić information content (AvgIpc) is 1.99. The van der Waals surface area contributed by atoms with Crippen LogP contribution in [0.2, 0.25) is 0 Å². The molecule has 0 amide bonds. The summed E-state index contributed by atoms with van der Waals surface area (Å²) in [5, 5.41) is 0. The molecule has 0 spiro atoms. The van der Waals surface area contributed by atoms with Crippen LogP contribution >= 0.6 is 30.4 Å². The van der Waals surface area contributed by atoms with Crippen molar-refractivity contribution in [3.05, 3.63) is 0 Å². The monoisotopic (exact) mass is 417 g/mol. The molecule has 1 unspecified atom stereocenters. The maximum absolute atomic E-state index is 8.74. The van der Waals surface area contributed by atoms with Gasteiger partial charge in [-0.1, -0.05) is 0 Å².